The smallest absolute Gasteiger partial charge is 0.229 e. The number of para-hydroxylation sites is 2. The summed E-state index contributed by atoms with van der Waals surface area (Å²) in [4.78, 5) is 2.24. The van der Waals surface area contributed by atoms with Crippen LogP contribution < -0.4 is 9.46 Å². The van der Waals surface area contributed by atoms with Crippen molar-refractivity contribution in [3.63, 3.8) is 0 Å². The lowest BCUT2D eigenvalue weighted by Gasteiger charge is -2.26. The van der Waals surface area contributed by atoms with Gasteiger partial charge in [0.15, 0.2) is 0 Å². The molecule has 1 heterocycles. The van der Waals surface area contributed by atoms with Crippen LogP contribution in [0.4, 0.5) is 5.69 Å². The number of sulfonamides is 1. The van der Waals surface area contributed by atoms with Crippen molar-refractivity contribution in [3.8, 4) is 5.75 Å². The Morgan fingerprint density at radius 1 is 1.21 bits per heavy atom. The van der Waals surface area contributed by atoms with Gasteiger partial charge in [0, 0.05) is 13.1 Å². The molecular formula is C13H20N2O3S. The fraction of sp³-hybridized carbons (Fsp3) is 0.538. The van der Waals surface area contributed by atoms with Crippen molar-refractivity contribution in [2.75, 3.05) is 30.8 Å². The van der Waals surface area contributed by atoms with Crippen LogP contribution in [0.15, 0.2) is 24.3 Å². The van der Waals surface area contributed by atoms with Crippen LogP contribution in [0.2, 0.25) is 0 Å². The number of nitrogens with one attached hydrogen (secondary N) is 1. The average Bonchev–Trinajstić information content (AvgIpc) is 2.37. The Hall–Kier alpha value is -1.27. The van der Waals surface area contributed by atoms with E-state index in [1.165, 1.54) is 19.3 Å². The maximum absolute atomic E-state index is 11.3. The van der Waals surface area contributed by atoms with Gasteiger partial charge in [0.2, 0.25) is 10.0 Å². The molecule has 1 aromatic rings. The third-order valence-corrected chi connectivity index (χ3v) is 3.62. The van der Waals surface area contributed by atoms with Gasteiger partial charge in [-0.2, -0.15) is 0 Å². The standard InChI is InChI=1S/C13H20N2O3S/c1-19(16,17)14-12-7-3-4-8-13(12)18-11-15-9-5-2-6-10-15/h3-4,7-8,14H,2,5-6,9-11H2,1H3. The molecule has 0 radical (unpaired) electrons. The minimum absolute atomic E-state index is 0.488. The van der Waals surface area contributed by atoms with Crippen molar-refractivity contribution in [1.82, 2.24) is 4.90 Å². The fourth-order valence-electron chi connectivity index (χ4n) is 2.13. The minimum Gasteiger partial charge on any atom is -0.476 e. The van der Waals surface area contributed by atoms with Crippen molar-refractivity contribution in [3.05, 3.63) is 24.3 Å². The van der Waals surface area contributed by atoms with Gasteiger partial charge in [0.05, 0.1) is 11.9 Å². The van der Waals surface area contributed by atoms with Gasteiger partial charge < -0.3 is 4.74 Å². The van der Waals surface area contributed by atoms with Gasteiger partial charge in [0.25, 0.3) is 0 Å². The Morgan fingerprint density at radius 2 is 1.89 bits per heavy atom. The van der Waals surface area contributed by atoms with E-state index in [1.807, 2.05) is 6.07 Å². The molecule has 19 heavy (non-hydrogen) atoms. The molecule has 2 rings (SSSR count). The van der Waals surface area contributed by atoms with Crippen LogP contribution in [0.25, 0.3) is 0 Å². The zero-order valence-electron chi connectivity index (χ0n) is 11.1. The van der Waals surface area contributed by atoms with E-state index in [0.717, 1.165) is 19.3 Å². The summed E-state index contributed by atoms with van der Waals surface area (Å²) in [5.41, 5.74) is 0.488. The summed E-state index contributed by atoms with van der Waals surface area (Å²) in [5, 5.41) is 0. The van der Waals surface area contributed by atoms with E-state index in [-0.39, 0.29) is 0 Å². The average molecular weight is 284 g/mol. The highest BCUT2D eigenvalue weighted by molar-refractivity contribution is 7.92. The Bertz CT molecular complexity index is 510. The van der Waals surface area contributed by atoms with E-state index < -0.39 is 10.0 Å². The lowest BCUT2D eigenvalue weighted by molar-refractivity contribution is 0.107. The molecule has 0 spiro atoms. The molecule has 106 valence electrons. The van der Waals surface area contributed by atoms with Crippen LogP contribution in [-0.2, 0) is 10.0 Å². The van der Waals surface area contributed by atoms with Crippen molar-refractivity contribution in [1.29, 1.82) is 0 Å². The van der Waals surface area contributed by atoms with Gasteiger partial charge in [-0.1, -0.05) is 18.6 Å². The molecule has 1 aromatic carbocycles. The van der Waals surface area contributed by atoms with Crippen LogP contribution in [0, 0.1) is 0 Å². The summed E-state index contributed by atoms with van der Waals surface area (Å²) >= 11 is 0. The van der Waals surface area contributed by atoms with Crippen LogP contribution >= 0.6 is 0 Å². The van der Waals surface area contributed by atoms with Gasteiger partial charge in [-0.05, 0) is 25.0 Å². The van der Waals surface area contributed by atoms with E-state index in [4.69, 9.17) is 4.74 Å². The van der Waals surface area contributed by atoms with E-state index in [0.29, 0.717) is 18.2 Å². The highest BCUT2D eigenvalue weighted by atomic mass is 32.2. The number of nitrogens with zero attached hydrogens (tertiary/aromatic N) is 1. The first-order valence-corrected chi connectivity index (χ1v) is 8.36. The number of piperidine rings is 1. The number of anilines is 1. The molecule has 0 saturated carbocycles. The summed E-state index contributed by atoms with van der Waals surface area (Å²) in [6.07, 6.45) is 4.82. The summed E-state index contributed by atoms with van der Waals surface area (Å²) in [6.45, 7) is 2.59. The molecule has 0 unspecified atom stereocenters. The van der Waals surface area contributed by atoms with Crippen LogP contribution in [0.1, 0.15) is 19.3 Å². The molecule has 6 heteroatoms. The first-order valence-electron chi connectivity index (χ1n) is 6.46. The van der Waals surface area contributed by atoms with Crippen molar-refractivity contribution in [2.24, 2.45) is 0 Å². The Morgan fingerprint density at radius 3 is 2.58 bits per heavy atom. The monoisotopic (exact) mass is 284 g/mol. The van der Waals surface area contributed by atoms with Crippen LogP contribution in [-0.4, -0.2) is 39.4 Å². The van der Waals surface area contributed by atoms with Crippen molar-refractivity contribution < 1.29 is 13.2 Å². The van der Waals surface area contributed by atoms with Gasteiger partial charge in [0.1, 0.15) is 12.5 Å². The Kier molecular flexibility index (Phi) is 4.66. The number of benzene rings is 1. The summed E-state index contributed by atoms with van der Waals surface area (Å²) in [7, 11) is -3.29. The lowest BCUT2D eigenvalue weighted by atomic mass is 10.1. The predicted octanol–water partition coefficient (Wildman–Crippen LogP) is 1.88. The van der Waals surface area contributed by atoms with E-state index >= 15 is 0 Å². The molecule has 0 bridgehead atoms. The molecule has 5 nitrogen and oxygen atoms in total. The SMILES string of the molecule is CS(=O)(=O)Nc1ccccc1OCN1CCCCC1. The highest BCUT2D eigenvalue weighted by Crippen LogP contribution is 2.25. The van der Waals surface area contributed by atoms with Crippen molar-refractivity contribution >= 4 is 15.7 Å². The summed E-state index contributed by atoms with van der Waals surface area (Å²) in [5.74, 6) is 0.568. The molecule has 1 saturated heterocycles. The second-order valence-corrected chi connectivity index (χ2v) is 6.57. The third-order valence-electron chi connectivity index (χ3n) is 3.03. The molecule has 1 fully saturated rings. The zero-order chi connectivity index (χ0) is 13.7. The number of hydrogen-bond donors (Lipinski definition) is 1. The number of ether oxygens (including phenoxy) is 1. The van der Waals surface area contributed by atoms with E-state index in [2.05, 4.69) is 9.62 Å². The minimum atomic E-state index is -3.29. The van der Waals surface area contributed by atoms with Crippen molar-refractivity contribution in [2.45, 2.75) is 19.3 Å². The Labute approximate surface area is 114 Å². The molecule has 0 aliphatic carbocycles. The first-order chi connectivity index (χ1) is 9.04. The maximum atomic E-state index is 11.3. The van der Waals surface area contributed by atoms with Gasteiger partial charge >= 0.3 is 0 Å². The van der Waals surface area contributed by atoms with E-state index in [9.17, 15) is 8.42 Å². The molecule has 1 aliphatic heterocycles. The molecule has 1 N–H and O–H groups in total. The van der Waals surface area contributed by atoms with Crippen LogP contribution in [0.3, 0.4) is 0 Å². The first kappa shape index (κ1) is 14.1. The molecular weight excluding hydrogens is 264 g/mol. The van der Waals surface area contributed by atoms with Crippen LogP contribution in [0.5, 0.6) is 5.75 Å². The van der Waals surface area contributed by atoms with Gasteiger partial charge in [-0.25, -0.2) is 8.42 Å². The quantitative estimate of drug-likeness (QED) is 0.897. The lowest BCUT2D eigenvalue weighted by Crippen LogP contribution is -2.33. The third kappa shape index (κ3) is 4.72. The number of hydrogen-bond acceptors (Lipinski definition) is 4. The largest absolute Gasteiger partial charge is 0.476 e. The normalized spacial score (nSPS) is 17.1. The number of rotatable bonds is 5. The Balaban J connectivity index is 1.99. The highest BCUT2D eigenvalue weighted by Gasteiger charge is 2.12. The zero-order valence-corrected chi connectivity index (χ0v) is 11.9. The van der Waals surface area contributed by atoms with E-state index in [1.54, 1.807) is 18.2 Å². The topological polar surface area (TPSA) is 58.6 Å². The molecule has 0 atom stereocenters. The fourth-order valence-corrected chi connectivity index (χ4v) is 2.69. The molecule has 1 aliphatic rings. The van der Waals surface area contributed by atoms with Gasteiger partial charge in [-0.3, -0.25) is 9.62 Å². The summed E-state index contributed by atoms with van der Waals surface area (Å²) < 4.78 is 30.8. The maximum Gasteiger partial charge on any atom is 0.229 e. The molecule has 0 aromatic heterocycles. The predicted molar refractivity (Wildman–Crippen MR) is 75.8 cm³/mol. The van der Waals surface area contributed by atoms with Gasteiger partial charge in [-0.15, -0.1) is 0 Å². The number of likely N-dealkylation sites (tertiary alicyclic amines) is 1. The summed E-state index contributed by atoms with van der Waals surface area (Å²) in [6, 6.07) is 7.09. The molecule has 0 amide bonds. The second kappa shape index (κ2) is 6.25. The second-order valence-electron chi connectivity index (χ2n) is 4.82.